The van der Waals surface area contributed by atoms with Crippen LogP contribution in [-0.4, -0.2) is 16.3 Å². The highest BCUT2D eigenvalue weighted by atomic mass is 32.1. The number of ketones is 1. The van der Waals surface area contributed by atoms with Gasteiger partial charge in [-0.3, -0.25) is 14.2 Å². The van der Waals surface area contributed by atoms with E-state index in [4.69, 9.17) is 0 Å². The lowest BCUT2D eigenvalue weighted by Gasteiger charge is -1.97. The van der Waals surface area contributed by atoms with Gasteiger partial charge < -0.3 is 0 Å². The number of nitrogens with zero attached hydrogens (tertiary/aromatic N) is 1. The summed E-state index contributed by atoms with van der Waals surface area (Å²) in [6.07, 6.45) is 3.13. The molecule has 3 nitrogen and oxygen atoms in total. The Bertz CT molecular complexity index is 398. The zero-order valence-corrected chi connectivity index (χ0v) is 8.03. The molecule has 0 saturated carbocycles. The summed E-state index contributed by atoms with van der Waals surface area (Å²) in [6.45, 7) is 0. The molecule has 0 atom stereocenters. The first-order chi connectivity index (χ1) is 6.79. The number of hydrogen-bond donors (Lipinski definition) is 0. The molecule has 0 aromatic carbocycles. The fourth-order valence-electron chi connectivity index (χ4n) is 1.10. The van der Waals surface area contributed by atoms with E-state index < -0.39 is 11.7 Å². The number of Topliss-reactive ketones (excluding diaryl/α,β-unsaturated/α-hetero) is 1. The molecule has 0 amide bonds. The Balaban J connectivity index is 2.26. The third-order valence-corrected chi connectivity index (χ3v) is 2.65. The van der Waals surface area contributed by atoms with Crippen molar-refractivity contribution >= 4 is 23.0 Å². The van der Waals surface area contributed by atoms with E-state index in [2.05, 4.69) is 0 Å². The number of aromatic nitrogens is 1. The van der Waals surface area contributed by atoms with Crippen LogP contribution >= 0.6 is 11.3 Å². The van der Waals surface area contributed by atoms with E-state index in [0.717, 1.165) is 0 Å². The van der Waals surface area contributed by atoms with Gasteiger partial charge in [0.15, 0.2) is 0 Å². The predicted octanol–water partition coefficient (Wildman–Crippen LogP) is 2.07. The van der Waals surface area contributed by atoms with E-state index >= 15 is 0 Å². The first kappa shape index (κ1) is 8.90. The molecule has 2 heterocycles. The van der Waals surface area contributed by atoms with Gasteiger partial charge in [0.2, 0.25) is 0 Å². The lowest BCUT2D eigenvalue weighted by molar-refractivity contribution is 0.0767. The summed E-state index contributed by atoms with van der Waals surface area (Å²) in [5.41, 5.74) is 0. The molecule has 0 aliphatic rings. The van der Waals surface area contributed by atoms with Gasteiger partial charge >= 0.3 is 5.91 Å². The van der Waals surface area contributed by atoms with Crippen LogP contribution in [0.4, 0.5) is 0 Å². The van der Waals surface area contributed by atoms with Crippen LogP contribution in [0.1, 0.15) is 14.5 Å². The summed E-state index contributed by atoms with van der Waals surface area (Å²) >= 11 is 1.27. The van der Waals surface area contributed by atoms with Gasteiger partial charge in [0.05, 0.1) is 4.88 Å². The van der Waals surface area contributed by atoms with Gasteiger partial charge in [-0.1, -0.05) is 6.07 Å². The van der Waals surface area contributed by atoms with Crippen molar-refractivity contribution in [3.63, 3.8) is 0 Å². The van der Waals surface area contributed by atoms with Gasteiger partial charge in [-0.15, -0.1) is 11.3 Å². The van der Waals surface area contributed by atoms with Crippen molar-refractivity contribution in [2.45, 2.75) is 0 Å². The normalized spacial score (nSPS) is 10.0. The lowest BCUT2D eigenvalue weighted by atomic mass is 10.3. The number of rotatable bonds is 2. The Hall–Kier alpha value is -1.68. The molecule has 0 bridgehead atoms. The molecule has 0 radical (unpaired) electrons. The number of thiophene rings is 1. The van der Waals surface area contributed by atoms with Crippen LogP contribution < -0.4 is 0 Å². The first-order valence-corrected chi connectivity index (χ1v) is 4.92. The Morgan fingerprint density at radius 3 is 2.43 bits per heavy atom. The van der Waals surface area contributed by atoms with Crippen LogP contribution in [-0.2, 0) is 0 Å². The number of carbonyl (C=O) groups excluding carboxylic acids is 2. The first-order valence-electron chi connectivity index (χ1n) is 4.04. The molecule has 2 rings (SSSR count). The van der Waals surface area contributed by atoms with Crippen LogP contribution in [0.15, 0.2) is 42.0 Å². The molecule has 2 aromatic rings. The highest BCUT2D eigenvalue weighted by Crippen LogP contribution is 2.10. The maximum atomic E-state index is 11.5. The van der Waals surface area contributed by atoms with Crippen LogP contribution in [0.2, 0.25) is 0 Å². The average Bonchev–Trinajstić information content (AvgIpc) is 2.87. The average molecular weight is 205 g/mol. The summed E-state index contributed by atoms with van der Waals surface area (Å²) < 4.78 is 1.28. The largest absolute Gasteiger partial charge is 0.303 e. The molecule has 0 fully saturated rings. The van der Waals surface area contributed by atoms with Crippen molar-refractivity contribution < 1.29 is 9.59 Å². The molecule has 14 heavy (non-hydrogen) atoms. The van der Waals surface area contributed by atoms with Crippen molar-refractivity contribution in [1.82, 2.24) is 4.57 Å². The Morgan fingerprint density at radius 2 is 1.86 bits per heavy atom. The molecule has 0 aliphatic carbocycles. The summed E-state index contributed by atoms with van der Waals surface area (Å²) in [5.74, 6) is -0.978. The predicted molar refractivity (Wildman–Crippen MR) is 53.7 cm³/mol. The minimum Gasteiger partial charge on any atom is -0.288 e. The molecule has 0 aliphatic heterocycles. The van der Waals surface area contributed by atoms with E-state index in [1.54, 1.807) is 42.0 Å². The van der Waals surface area contributed by atoms with E-state index in [1.807, 2.05) is 0 Å². The second-order valence-electron chi connectivity index (χ2n) is 2.70. The van der Waals surface area contributed by atoms with E-state index in [0.29, 0.717) is 4.88 Å². The summed E-state index contributed by atoms with van der Waals surface area (Å²) in [5, 5.41) is 1.77. The van der Waals surface area contributed by atoms with Crippen molar-refractivity contribution in [3.8, 4) is 0 Å². The Kier molecular flexibility index (Phi) is 2.28. The molecule has 70 valence electrons. The molecule has 0 spiro atoms. The smallest absolute Gasteiger partial charge is 0.288 e. The van der Waals surface area contributed by atoms with Gasteiger partial charge in [0.25, 0.3) is 5.78 Å². The maximum absolute atomic E-state index is 11.5. The van der Waals surface area contributed by atoms with Gasteiger partial charge in [0, 0.05) is 12.4 Å². The van der Waals surface area contributed by atoms with Gasteiger partial charge in [0.1, 0.15) is 0 Å². The van der Waals surface area contributed by atoms with Crippen LogP contribution in [0, 0.1) is 0 Å². The van der Waals surface area contributed by atoms with Crippen LogP contribution in [0.25, 0.3) is 0 Å². The molecule has 0 saturated heterocycles. The minimum absolute atomic E-state index is 0.462. The zero-order chi connectivity index (χ0) is 9.97. The molecular weight excluding hydrogens is 198 g/mol. The van der Waals surface area contributed by atoms with Gasteiger partial charge in [-0.25, -0.2) is 0 Å². The number of carbonyl (C=O) groups is 2. The highest BCUT2D eigenvalue weighted by molar-refractivity contribution is 7.13. The fourth-order valence-corrected chi connectivity index (χ4v) is 1.76. The van der Waals surface area contributed by atoms with Crippen LogP contribution in [0.3, 0.4) is 0 Å². The minimum atomic E-state index is -0.516. The molecule has 4 heteroatoms. The molecular formula is C10H7NO2S. The molecule has 0 N–H and O–H groups in total. The summed E-state index contributed by atoms with van der Waals surface area (Å²) in [4.78, 5) is 23.5. The summed E-state index contributed by atoms with van der Waals surface area (Å²) in [7, 11) is 0. The van der Waals surface area contributed by atoms with Crippen LogP contribution in [0.5, 0.6) is 0 Å². The second-order valence-corrected chi connectivity index (χ2v) is 3.65. The third kappa shape index (κ3) is 1.52. The standard InChI is InChI=1S/C10H7NO2S/c12-9(8-4-3-7-14-8)10(13)11-5-1-2-6-11/h1-7H. The number of hydrogen-bond acceptors (Lipinski definition) is 3. The maximum Gasteiger partial charge on any atom is 0.303 e. The zero-order valence-electron chi connectivity index (χ0n) is 7.21. The van der Waals surface area contributed by atoms with E-state index in [-0.39, 0.29) is 0 Å². The van der Waals surface area contributed by atoms with E-state index in [9.17, 15) is 9.59 Å². The van der Waals surface area contributed by atoms with Crippen molar-refractivity contribution in [3.05, 3.63) is 46.9 Å². The second kappa shape index (κ2) is 3.59. The summed E-state index contributed by atoms with van der Waals surface area (Å²) in [6, 6.07) is 6.81. The topological polar surface area (TPSA) is 39.1 Å². The Labute approximate surface area is 84.6 Å². The van der Waals surface area contributed by atoms with Gasteiger partial charge in [-0.2, -0.15) is 0 Å². The van der Waals surface area contributed by atoms with Crippen molar-refractivity contribution in [1.29, 1.82) is 0 Å². The third-order valence-electron chi connectivity index (χ3n) is 1.78. The fraction of sp³-hybridized carbons (Fsp3) is 0. The van der Waals surface area contributed by atoms with E-state index in [1.165, 1.54) is 15.9 Å². The molecule has 0 unspecified atom stereocenters. The SMILES string of the molecule is O=C(C(=O)n1cccc1)c1cccs1. The molecule has 2 aromatic heterocycles. The van der Waals surface area contributed by atoms with Gasteiger partial charge in [-0.05, 0) is 23.6 Å². The lowest BCUT2D eigenvalue weighted by Crippen LogP contribution is -2.19. The quantitative estimate of drug-likeness (QED) is 0.556. The van der Waals surface area contributed by atoms with Crippen molar-refractivity contribution in [2.24, 2.45) is 0 Å². The Morgan fingerprint density at radius 1 is 1.14 bits per heavy atom. The highest BCUT2D eigenvalue weighted by Gasteiger charge is 2.17. The van der Waals surface area contributed by atoms with Crippen molar-refractivity contribution in [2.75, 3.05) is 0 Å². The monoisotopic (exact) mass is 205 g/mol.